The number of hydrogen-bond acceptors (Lipinski definition) is 3. The molecule has 0 radical (unpaired) electrons. The molecule has 2 N–H and O–H groups in total. The van der Waals surface area contributed by atoms with Crippen molar-refractivity contribution in [3.05, 3.63) is 40.4 Å². The summed E-state index contributed by atoms with van der Waals surface area (Å²) in [4.78, 5) is 6.74. The molecule has 1 aliphatic heterocycles. The van der Waals surface area contributed by atoms with Gasteiger partial charge in [0.25, 0.3) is 0 Å². The fraction of sp³-hybridized carbons (Fsp3) is 0.471. The maximum atomic E-state index is 6.17. The largest absolute Gasteiger partial charge is 0.370 e. The van der Waals surface area contributed by atoms with Gasteiger partial charge in [0.15, 0.2) is 5.96 Å². The molecule has 1 aromatic rings. The zero-order valence-electron chi connectivity index (χ0n) is 12.6. The lowest BCUT2D eigenvalue weighted by Gasteiger charge is -2.36. The average molecular weight is 348 g/mol. The molecule has 1 aromatic carbocycles. The van der Waals surface area contributed by atoms with Gasteiger partial charge in [0, 0.05) is 10.2 Å². The van der Waals surface area contributed by atoms with Crippen molar-refractivity contribution in [2.45, 2.75) is 32.7 Å². The number of aliphatic imine (C=N–C) groups is 1. The molecule has 3 nitrogen and oxygen atoms in total. The number of benzene rings is 1. The van der Waals surface area contributed by atoms with Gasteiger partial charge in [-0.2, -0.15) is 0 Å². The molecule has 1 heterocycles. The standard InChI is InChI=1S/C17H22BrN3/c1-11-7-12(2)9-13(8-11)16-10-20-17(19)21(16)15-5-3-14(18)4-6-15/h3-7,11,13,16H,8-10H2,1-2H3,(H2,19,20). The molecular formula is C17H22BrN3. The minimum atomic E-state index is 0.386. The summed E-state index contributed by atoms with van der Waals surface area (Å²) in [6, 6.07) is 8.73. The number of hydrogen-bond donors (Lipinski definition) is 1. The van der Waals surface area contributed by atoms with Gasteiger partial charge < -0.3 is 10.6 Å². The van der Waals surface area contributed by atoms with Crippen molar-refractivity contribution in [1.29, 1.82) is 0 Å². The highest BCUT2D eigenvalue weighted by Gasteiger charge is 2.35. The van der Waals surface area contributed by atoms with Gasteiger partial charge in [0.2, 0.25) is 0 Å². The Labute approximate surface area is 135 Å². The fourth-order valence-electron chi connectivity index (χ4n) is 3.69. The predicted molar refractivity (Wildman–Crippen MR) is 92.5 cm³/mol. The Bertz CT molecular complexity index is 576. The first-order chi connectivity index (χ1) is 10.0. The second kappa shape index (κ2) is 5.84. The van der Waals surface area contributed by atoms with E-state index < -0.39 is 0 Å². The first kappa shape index (κ1) is 14.6. The smallest absolute Gasteiger partial charge is 0.196 e. The number of rotatable bonds is 2. The molecule has 0 amide bonds. The van der Waals surface area contributed by atoms with E-state index in [2.05, 4.69) is 70.0 Å². The number of guanidine groups is 1. The molecule has 4 heteroatoms. The van der Waals surface area contributed by atoms with Gasteiger partial charge in [0.05, 0.1) is 12.6 Å². The van der Waals surface area contributed by atoms with E-state index in [0.717, 1.165) is 23.1 Å². The van der Waals surface area contributed by atoms with E-state index in [1.54, 1.807) is 0 Å². The van der Waals surface area contributed by atoms with Crippen LogP contribution in [-0.4, -0.2) is 18.5 Å². The third-order valence-electron chi connectivity index (χ3n) is 4.50. The van der Waals surface area contributed by atoms with Crippen molar-refractivity contribution in [2.24, 2.45) is 22.6 Å². The Hall–Kier alpha value is -1.29. The number of allylic oxidation sites excluding steroid dienone is 2. The monoisotopic (exact) mass is 347 g/mol. The normalized spacial score (nSPS) is 29.3. The van der Waals surface area contributed by atoms with Gasteiger partial charge in [-0.3, -0.25) is 4.99 Å². The molecule has 3 unspecified atom stereocenters. The molecule has 0 bridgehead atoms. The molecule has 0 saturated carbocycles. The fourth-order valence-corrected chi connectivity index (χ4v) is 3.95. The van der Waals surface area contributed by atoms with Crippen LogP contribution in [0, 0.1) is 11.8 Å². The Morgan fingerprint density at radius 2 is 2.00 bits per heavy atom. The topological polar surface area (TPSA) is 41.6 Å². The molecule has 3 atom stereocenters. The molecule has 21 heavy (non-hydrogen) atoms. The van der Waals surface area contributed by atoms with Crippen LogP contribution in [0.4, 0.5) is 5.69 Å². The van der Waals surface area contributed by atoms with E-state index in [9.17, 15) is 0 Å². The van der Waals surface area contributed by atoms with Crippen molar-refractivity contribution in [3.8, 4) is 0 Å². The van der Waals surface area contributed by atoms with Crippen LogP contribution in [0.5, 0.6) is 0 Å². The third-order valence-corrected chi connectivity index (χ3v) is 5.02. The Balaban J connectivity index is 1.85. The molecular weight excluding hydrogens is 326 g/mol. The van der Waals surface area contributed by atoms with Gasteiger partial charge in [-0.1, -0.05) is 34.5 Å². The van der Waals surface area contributed by atoms with Gasteiger partial charge in [0.1, 0.15) is 0 Å². The van der Waals surface area contributed by atoms with Crippen molar-refractivity contribution in [1.82, 2.24) is 0 Å². The summed E-state index contributed by atoms with van der Waals surface area (Å²) >= 11 is 3.49. The molecule has 1 aliphatic carbocycles. The van der Waals surface area contributed by atoms with Crippen LogP contribution < -0.4 is 10.6 Å². The van der Waals surface area contributed by atoms with E-state index in [1.165, 1.54) is 12.0 Å². The molecule has 0 spiro atoms. The molecule has 0 aromatic heterocycles. The summed E-state index contributed by atoms with van der Waals surface area (Å²) in [5.41, 5.74) is 8.81. The number of halogens is 1. The number of nitrogens with zero attached hydrogens (tertiary/aromatic N) is 2. The van der Waals surface area contributed by atoms with E-state index in [4.69, 9.17) is 5.73 Å². The molecule has 0 saturated heterocycles. The first-order valence-electron chi connectivity index (χ1n) is 7.56. The van der Waals surface area contributed by atoms with Crippen LogP contribution in [0.1, 0.15) is 26.7 Å². The molecule has 2 aliphatic rings. The second-order valence-corrected chi connectivity index (χ2v) is 7.22. The van der Waals surface area contributed by atoms with Crippen LogP contribution in [0.2, 0.25) is 0 Å². The summed E-state index contributed by atoms with van der Waals surface area (Å²) in [6.07, 6.45) is 4.78. The Kier molecular flexibility index (Phi) is 4.07. The highest BCUT2D eigenvalue weighted by Crippen LogP contribution is 2.35. The summed E-state index contributed by atoms with van der Waals surface area (Å²) in [5.74, 6) is 1.93. The van der Waals surface area contributed by atoms with Crippen LogP contribution in [0.25, 0.3) is 0 Å². The summed E-state index contributed by atoms with van der Waals surface area (Å²) in [7, 11) is 0. The van der Waals surface area contributed by atoms with E-state index in [1.807, 2.05) is 0 Å². The zero-order valence-corrected chi connectivity index (χ0v) is 14.2. The van der Waals surface area contributed by atoms with Crippen molar-refractivity contribution in [3.63, 3.8) is 0 Å². The summed E-state index contributed by atoms with van der Waals surface area (Å²) in [5, 5.41) is 0. The minimum absolute atomic E-state index is 0.386. The lowest BCUT2D eigenvalue weighted by molar-refractivity contribution is 0.350. The lowest BCUT2D eigenvalue weighted by Crippen LogP contribution is -2.45. The third kappa shape index (κ3) is 3.00. The van der Waals surface area contributed by atoms with Crippen LogP contribution >= 0.6 is 15.9 Å². The highest BCUT2D eigenvalue weighted by molar-refractivity contribution is 9.10. The van der Waals surface area contributed by atoms with Crippen LogP contribution in [0.15, 0.2) is 45.4 Å². The summed E-state index contributed by atoms with van der Waals surface area (Å²) in [6.45, 7) is 5.36. The second-order valence-electron chi connectivity index (χ2n) is 6.30. The first-order valence-corrected chi connectivity index (χ1v) is 8.36. The molecule has 3 rings (SSSR count). The Morgan fingerprint density at radius 3 is 2.67 bits per heavy atom. The van der Waals surface area contributed by atoms with Gasteiger partial charge >= 0.3 is 0 Å². The average Bonchev–Trinajstić information content (AvgIpc) is 2.80. The SMILES string of the molecule is CC1=CC(C)CC(C2CN=C(N)N2c2ccc(Br)cc2)C1. The molecule has 0 fully saturated rings. The number of nitrogens with two attached hydrogens (primary N) is 1. The van der Waals surface area contributed by atoms with E-state index in [-0.39, 0.29) is 0 Å². The molecule has 112 valence electrons. The van der Waals surface area contributed by atoms with E-state index in [0.29, 0.717) is 23.8 Å². The zero-order chi connectivity index (χ0) is 15.0. The van der Waals surface area contributed by atoms with Crippen molar-refractivity contribution < 1.29 is 0 Å². The van der Waals surface area contributed by atoms with E-state index >= 15 is 0 Å². The number of anilines is 1. The summed E-state index contributed by atoms with van der Waals surface area (Å²) < 4.78 is 1.09. The predicted octanol–water partition coefficient (Wildman–Crippen LogP) is 3.94. The van der Waals surface area contributed by atoms with Crippen molar-refractivity contribution in [2.75, 3.05) is 11.4 Å². The maximum absolute atomic E-state index is 6.17. The van der Waals surface area contributed by atoms with Gasteiger partial charge in [-0.25, -0.2) is 0 Å². The minimum Gasteiger partial charge on any atom is -0.370 e. The van der Waals surface area contributed by atoms with Crippen LogP contribution in [0.3, 0.4) is 0 Å². The van der Waals surface area contributed by atoms with Crippen molar-refractivity contribution >= 4 is 27.6 Å². The quantitative estimate of drug-likeness (QED) is 0.823. The maximum Gasteiger partial charge on any atom is 0.196 e. The lowest BCUT2D eigenvalue weighted by atomic mass is 9.79. The van der Waals surface area contributed by atoms with Gasteiger partial charge in [-0.05, 0) is 55.9 Å². The van der Waals surface area contributed by atoms with Crippen LogP contribution in [-0.2, 0) is 0 Å². The highest BCUT2D eigenvalue weighted by atomic mass is 79.9. The Morgan fingerprint density at radius 1 is 1.29 bits per heavy atom. The van der Waals surface area contributed by atoms with Gasteiger partial charge in [-0.15, -0.1) is 0 Å².